The van der Waals surface area contributed by atoms with Crippen molar-refractivity contribution in [3.63, 3.8) is 0 Å². The molecule has 0 radical (unpaired) electrons. The van der Waals surface area contributed by atoms with Gasteiger partial charge in [-0.25, -0.2) is 9.78 Å². The van der Waals surface area contributed by atoms with Crippen LogP contribution in [-0.2, 0) is 6.42 Å². The second-order valence-electron chi connectivity index (χ2n) is 4.91. The Morgan fingerprint density at radius 3 is 2.81 bits per heavy atom. The molecule has 2 aromatic rings. The van der Waals surface area contributed by atoms with Crippen LogP contribution in [0.4, 0.5) is 0 Å². The van der Waals surface area contributed by atoms with Gasteiger partial charge in [-0.1, -0.05) is 18.2 Å². The number of nitrogens with zero attached hydrogens (tertiary/aromatic N) is 1. The highest BCUT2D eigenvalue weighted by atomic mass is 32.1. The topological polar surface area (TPSA) is 76.5 Å². The van der Waals surface area contributed by atoms with Crippen molar-refractivity contribution in [2.45, 2.75) is 19.3 Å². The third kappa shape index (κ3) is 2.54. The largest absolute Gasteiger partial charge is 0.493 e. The van der Waals surface area contributed by atoms with Gasteiger partial charge in [0.05, 0.1) is 6.61 Å². The van der Waals surface area contributed by atoms with Crippen LogP contribution in [-0.4, -0.2) is 28.4 Å². The van der Waals surface area contributed by atoms with E-state index in [2.05, 4.69) is 4.98 Å². The third-order valence-electron chi connectivity index (χ3n) is 3.39. The summed E-state index contributed by atoms with van der Waals surface area (Å²) in [4.78, 5) is 27.1. The minimum atomic E-state index is -1.17. The van der Waals surface area contributed by atoms with Crippen molar-refractivity contribution < 1.29 is 19.4 Å². The smallest absolute Gasteiger partial charge is 0.356 e. The number of aromatic nitrogens is 1. The predicted octanol–water partition coefficient (Wildman–Crippen LogP) is 2.76. The van der Waals surface area contributed by atoms with Crippen molar-refractivity contribution in [2.75, 3.05) is 6.61 Å². The SMILES string of the molecule is CC(=O)c1sc(C2COc3ccccc3C2)nc1C(=O)O. The van der Waals surface area contributed by atoms with Crippen LogP contribution in [0.2, 0.25) is 0 Å². The van der Waals surface area contributed by atoms with E-state index < -0.39 is 5.97 Å². The van der Waals surface area contributed by atoms with E-state index in [0.29, 0.717) is 11.6 Å². The standard InChI is InChI=1S/C15H13NO4S/c1-8(17)13-12(15(18)19)16-14(21-13)10-6-9-4-2-3-5-11(9)20-7-10/h2-5,10H,6-7H2,1H3,(H,18,19). The lowest BCUT2D eigenvalue weighted by Crippen LogP contribution is -2.19. The Kier molecular flexibility index (Phi) is 3.47. The molecule has 21 heavy (non-hydrogen) atoms. The van der Waals surface area contributed by atoms with E-state index in [1.807, 2.05) is 24.3 Å². The van der Waals surface area contributed by atoms with Crippen LogP contribution in [0.5, 0.6) is 5.75 Å². The maximum atomic E-state index is 11.5. The molecule has 0 bridgehead atoms. The van der Waals surface area contributed by atoms with Gasteiger partial charge in [-0.05, 0) is 18.1 Å². The van der Waals surface area contributed by atoms with Crippen molar-refractivity contribution in [1.29, 1.82) is 0 Å². The number of Topliss-reactive ketones (excluding diaryl/α,β-unsaturated/α-hetero) is 1. The quantitative estimate of drug-likeness (QED) is 0.882. The van der Waals surface area contributed by atoms with Crippen LogP contribution in [0.3, 0.4) is 0 Å². The first kappa shape index (κ1) is 13.8. The number of carbonyl (C=O) groups excluding carboxylic acids is 1. The first-order chi connectivity index (χ1) is 10.1. The maximum Gasteiger partial charge on any atom is 0.356 e. The Bertz CT molecular complexity index is 691. The summed E-state index contributed by atoms with van der Waals surface area (Å²) in [5, 5.41) is 9.79. The van der Waals surface area contributed by atoms with Gasteiger partial charge in [-0.15, -0.1) is 11.3 Å². The van der Waals surface area contributed by atoms with Crippen LogP contribution in [0.15, 0.2) is 24.3 Å². The lowest BCUT2D eigenvalue weighted by Gasteiger charge is -2.23. The number of thiazole rings is 1. The molecule has 1 unspecified atom stereocenters. The molecule has 0 spiro atoms. The van der Waals surface area contributed by atoms with Gasteiger partial charge in [0.25, 0.3) is 0 Å². The van der Waals surface area contributed by atoms with Crippen molar-refractivity contribution >= 4 is 23.1 Å². The normalized spacial score (nSPS) is 16.9. The summed E-state index contributed by atoms with van der Waals surface area (Å²) in [5.74, 6) is -0.597. The predicted molar refractivity (Wildman–Crippen MR) is 77.5 cm³/mol. The molecule has 0 saturated carbocycles. The molecular weight excluding hydrogens is 290 g/mol. The van der Waals surface area contributed by atoms with Crippen LogP contribution in [0.25, 0.3) is 0 Å². The van der Waals surface area contributed by atoms with Crippen molar-refractivity contribution in [1.82, 2.24) is 4.98 Å². The number of carboxylic acids is 1. The lowest BCUT2D eigenvalue weighted by atomic mass is 9.97. The van der Waals surface area contributed by atoms with Crippen LogP contribution < -0.4 is 4.74 Å². The zero-order chi connectivity index (χ0) is 15.0. The fourth-order valence-corrected chi connectivity index (χ4v) is 3.42. The molecule has 1 aromatic carbocycles. The molecule has 1 N–H and O–H groups in total. The fourth-order valence-electron chi connectivity index (χ4n) is 2.38. The van der Waals surface area contributed by atoms with Gasteiger partial charge in [0.2, 0.25) is 0 Å². The van der Waals surface area contributed by atoms with Gasteiger partial charge in [-0.2, -0.15) is 0 Å². The van der Waals surface area contributed by atoms with Gasteiger partial charge < -0.3 is 9.84 Å². The molecular formula is C15H13NO4S. The van der Waals surface area contributed by atoms with Crippen molar-refractivity contribution in [2.24, 2.45) is 0 Å². The number of rotatable bonds is 3. The lowest BCUT2D eigenvalue weighted by molar-refractivity contribution is 0.0686. The molecule has 5 nitrogen and oxygen atoms in total. The van der Waals surface area contributed by atoms with E-state index in [0.717, 1.165) is 29.1 Å². The summed E-state index contributed by atoms with van der Waals surface area (Å²) >= 11 is 1.16. The van der Waals surface area contributed by atoms with Gasteiger partial charge in [0.15, 0.2) is 11.5 Å². The molecule has 1 aliphatic heterocycles. The average molecular weight is 303 g/mol. The minimum Gasteiger partial charge on any atom is -0.493 e. The molecule has 3 rings (SSSR count). The molecule has 108 valence electrons. The summed E-state index contributed by atoms with van der Waals surface area (Å²) in [7, 11) is 0. The number of benzene rings is 1. The minimum absolute atomic E-state index is 0.0175. The Morgan fingerprint density at radius 2 is 2.14 bits per heavy atom. The monoisotopic (exact) mass is 303 g/mol. The molecule has 1 aromatic heterocycles. The molecule has 1 atom stereocenters. The van der Waals surface area contributed by atoms with Gasteiger partial charge in [0.1, 0.15) is 15.6 Å². The maximum absolute atomic E-state index is 11.5. The number of fused-ring (bicyclic) bond motifs is 1. The number of ether oxygens (including phenoxy) is 1. The van der Waals surface area contributed by atoms with Gasteiger partial charge >= 0.3 is 5.97 Å². The Morgan fingerprint density at radius 1 is 1.38 bits per heavy atom. The highest BCUT2D eigenvalue weighted by molar-refractivity contribution is 7.14. The number of para-hydroxylation sites is 1. The number of hydrogen-bond donors (Lipinski definition) is 1. The zero-order valence-corrected chi connectivity index (χ0v) is 12.1. The van der Waals surface area contributed by atoms with E-state index in [-0.39, 0.29) is 22.3 Å². The third-order valence-corrected chi connectivity index (χ3v) is 4.71. The first-order valence-electron chi connectivity index (χ1n) is 6.52. The second kappa shape index (κ2) is 5.29. The molecule has 0 aliphatic carbocycles. The van der Waals surface area contributed by atoms with E-state index in [9.17, 15) is 9.59 Å². The number of carbonyl (C=O) groups is 2. The fraction of sp³-hybridized carbons (Fsp3) is 0.267. The second-order valence-corrected chi connectivity index (χ2v) is 5.94. The summed E-state index contributed by atoms with van der Waals surface area (Å²) in [6.07, 6.45) is 0.736. The number of carboxylic acid groups (broad SMARTS) is 1. The molecule has 0 saturated heterocycles. The van der Waals surface area contributed by atoms with Crippen LogP contribution >= 0.6 is 11.3 Å². The Balaban J connectivity index is 1.94. The summed E-state index contributed by atoms with van der Waals surface area (Å²) in [5.41, 5.74) is 0.923. The summed E-state index contributed by atoms with van der Waals surface area (Å²) < 4.78 is 5.69. The van der Waals surface area contributed by atoms with E-state index in [1.165, 1.54) is 6.92 Å². The Hall–Kier alpha value is -2.21. The number of hydrogen-bond acceptors (Lipinski definition) is 5. The van der Waals surface area contributed by atoms with E-state index in [4.69, 9.17) is 9.84 Å². The van der Waals surface area contributed by atoms with Gasteiger partial charge in [-0.3, -0.25) is 4.79 Å². The molecule has 0 fully saturated rings. The highest BCUT2D eigenvalue weighted by Crippen LogP contribution is 2.35. The number of ketones is 1. The van der Waals surface area contributed by atoms with E-state index >= 15 is 0 Å². The molecule has 2 heterocycles. The van der Waals surface area contributed by atoms with E-state index in [1.54, 1.807) is 0 Å². The number of aromatic carboxylic acids is 1. The van der Waals surface area contributed by atoms with Gasteiger partial charge in [0, 0.05) is 12.8 Å². The average Bonchev–Trinajstić information content (AvgIpc) is 2.92. The zero-order valence-electron chi connectivity index (χ0n) is 11.3. The van der Waals surface area contributed by atoms with Crippen LogP contribution in [0, 0.1) is 0 Å². The summed E-state index contributed by atoms with van der Waals surface area (Å²) in [6.45, 7) is 1.80. The summed E-state index contributed by atoms with van der Waals surface area (Å²) in [6, 6.07) is 7.76. The van der Waals surface area contributed by atoms with Crippen LogP contribution in [0.1, 0.15) is 43.6 Å². The molecule has 0 amide bonds. The Labute approximate surface area is 125 Å². The molecule has 1 aliphatic rings. The van der Waals surface area contributed by atoms with Crippen molar-refractivity contribution in [3.05, 3.63) is 45.4 Å². The van der Waals surface area contributed by atoms with Crippen molar-refractivity contribution in [3.8, 4) is 5.75 Å². The highest BCUT2D eigenvalue weighted by Gasteiger charge is 2.28. The first-order valence-corrected chi connectivity index (χ1v) is 7.33. The molecule has 6 heteroatoms.